The number of esters is 1. The Balaban J connectivity index is 1.55. The average Bonchev–Trinajstić information content (AvgIpc) is 2.81. The van der Waals surface area contributed by atoms with Gasteiger partial charge in [0.2, 0.25) is 5.91 Å². The highest BCUT2D eigenvalue weighted by atomic mass is 16.5. The summed E-state index contributed by atoms with van der Waals surface area (Å²) in [6, 6.07) is 12.3. The van der Waals surface area contributed by atoms with E-state index < -0.39 is 5.97 Å². The van der Waals surface area contributed by atoms with Gasteiger partial charge in [-0.05, 0) is 48.7 Å². The molecule has 0 aromatic heterocycles. The normalized spacial score (nSPS) is 16.3. The molecule has 31 heavy (non-hydrogen) atoms. The topological polar surface area (TPSA) is 84.9 Å². The molecule has 7 nitrogen and oxygen atoms in total. The molecule has 1 saturated carbocycles. The second-order valence-corrected chi connectivity index (χ2v) is 7.97. The van der Waals surface area contributed by atoms with Crippen molar-refractivity contribution in [3.63, 3.8) is 0 Å². The molecule has 0 spiro atoms. The van der Waals surface area contributed by atoms with Gasteiger partial charge in [0.15, 0.2) is 6.61 Å². The van der Waals surface area contributed by atoms with E-state index >= 15 is 0 Å². The Labute approximate surface area is 181 Å². The van der Waals surface area contributed by atoms with Gasteiger partial charge in [0, 0.05) is 11.6 Å². The van der Waals surface area contributed by atoms with Crippen LogP contribution in [-0.4, -0.2) is 31.5 Å². The summed E-state index contributed by atoms with van der Waals surface area (Å²) in [6.07, 6.45) is 5.20. The smallest absolute Gasteiger partial charge is 0.337 e. The monoisotopic (exact) mass is 422 g/mol. The minimum absolute atomic E-state index is 0.0278. The summed E-state index contributed by atoms with van der Waals surface area (Å²) >= 11 is 0. The number of carbonyl (C=O) groups excluding carboxylic acids is 3. The zero-order chi connectivity index (χ0) is 21.8. The maximum absolute atomic E-state index is 12.6. The quantitative estimate of drug-likeness (QED) is 0.739. The van der Waals surface area contributed by atoms with Crippen LogP contribution in [0, 0.1) is 5.92 Å². The van der Waals surface area contributed by atoms with Gasteiger partial charge in [-0.25, -0.2) is 4.79 Å². The third-order valence-corrected chi connectivity index (χ3v) is 5.83. The number of amides is 2. The largest absolute Gasteiger partial charge is 0.482 e. The summed E-state index contributed by atoms with van der Waals surface area (Å²) in [6.45, 7) is 0.220. The van der Waals surface area contributed by atoms with Gasteiger partial charge in [-0.3, -0.25) is 9.59 Å². The molecule has 1 aliphatic carbocycles. The Morgan fingerprint density at radius 1 is 1.13 bits per heavy atom. The molecule has 1 N–H and O–H groups in total. The molecule has 2 amide bonds. The fourth-order valence-electron chi connectivity index (χ4n) is 4.16. The standard InChI is InChI=1S/C24H26N2O5/c1-30-24(29)18-9-5-6-16(12-18)14-26-20-13-19(10-11-21(20)31-15-22(26)27)25-23(28)17-7-3-2-4-8-17/h5-6,9-13,17H,2-4,7-8,14-15H2,1H3,(H,25,28). The van der Waals surface area contributed by atoms with Crippen LogP contribution >= 0.6 is 0 Å². The first-order valence-corrected chi connectivity index (χ1v) is 10.6. The second kappa shape index (κ2) is 9.20. The van der Waals surface area contributed by atoms with Crippen LogP contribution in [0.25, 0.3) is 0 Å². The van der Waals surface area contributed by atoms with Gasteiger partial charge in [-0.15, -0.1) is 0 Å². The predicted octanol–water partition coefficient (Wildman–Crippen LogP) is 3.92. The Kier molecular flexibility index (Phi) is 6.21. The SMILES string of the molecule is COC(=O)c1cccc(CN2C(=O)COc3ccc(NC(=O)C4CCCCC4)cc32)c1. The maximum Gasteiger partial charge on any atom is 0.337 e. The lowest BCUT2D eigenvalue weighted by atomic mass is 9.88. The first-order chi connectivity index (χ1) is 15.0. The fraction of sp³-hybridized carbons (Fsp3) is 0.375. The molecule has 1 fully saturated rings. The van der Waals surface area contributed by atoms with Crippen molar-refractivity contribution in [2.45, 2.75) is 38.6 Å². The van der Waals surface area contributed by atoms with Gasteiger partial charge in [0.25, 0.3) is 5.91 Å². The third kappa shape index (κ3) is 4.71. The van der Waals surface area contributed by atoms with E-state index in [2.05, 4.69) is 5.32 Å². The molecule has 0 bridgehead atoms. The molecule has 0 atom stereocenters. The Hall–Kier alpha value is -3.35. The highest BCUT2D eigenvalue weighted by Crippen LogP contribution is 2.36. The highest BCUT2D eigenvalue weighted by molar-refractivity contribution is 6.00. The average molecular weight is 422 g/mol. The van der Waals surface area contributed by atoms with Crippen LogP contribution in [0.1, 0.15) is 48.0 Å². The number of rotatable bonds is 5. The summed E-state index contributed by atoms with van der Waals surface area (Å²) < 4.78 is 10.4. The minimum Gasteiger partial charge on any atom is -0.482 e. The molecule has 7 heteroatoms. The number of benzene rings is 2. The van der Waals surface area contributed by atoms with Crippen molar-refractivity contribution in [2.75, 3.05) is 23.9 Å². The Bertz CT molecular complexity index is 997. The van der Waals surface area contributed by atoms with Crippen molar-refractivity contribution in [3.05, 3.63) is 53.6 Å². The van der Waals surface area contributed by atoms with E-state index in [-0.39, 0.29) is 30.9 Å². The molecule has 4 rings (SSSR count). The number of methoxy groups -OCH3 is 1. The van der Waals surface area contributed by atoms with E-state index in [0.29, 0.717) is 22.7 Å². The molecule has 0 saturated heterocycles. The number of hydrogen-bond acceptors (Lipinski definition) is 5. The molecule has 2 aromatic rings. The van der Waals surface area contributed by atoms with E-state index in [1.54, 1.807) is 41.3 Å². The number of ether oxygens (including phenoxy) is 2. The zero-order valence-corrected chi connectivity index (χ0v) is 17.6. The van der Waals surface area contributed by atoms with E-state index in [1.807, 2.05) is 6.07 Å². The van der Waals surface area contributed by atoms with Crippen molar-refractivity contribution < 1.29 is 23.9 Å². The molecular formula is C24H26N2O5. The first-order valence-electron chi connectivity index (χ1n) is 10.6. The fourth-order valence-corrected chi connectivity index (χ4v) is 4.16. The van der Waals surface area contributed by atoms with Crippen molar-refractivity contribution >= 4 is 29.2 Å². The predicted molar refractivity (Wildman–Crippen MR) is 116 cm³/mol. The van der Waals surface area contributed by atoms with Crippen molar-refractivity contribution in [1.82, 2.24) is 0 Å². The van der Waals surface area contributed by atoms with E-state index in [1.165, 1.54) is 13.5 Å². The van der Waals surface area contributed by atoms with Crippen LogP contribution in [0.4, 0.5) is 11.4 Å². The van der Waals surface area contributed by atoms with E-state index in [0.717, 1.165) is 31.2 Å². The van der Waals surface area contributed by atoms with E-state index in [9.17, 15) is 14.4 Å². The summed E-state index contributed by atoms with van der Waals surface area (Å²) in [7, 11) is 1.33. The number of nitrogens with one attached hydrogen (secondary N) is 1. The molecule has 1 heterocycles. The Morgan fingerprint density at radius 2 is 1.94 bits per heavy atom. The summed E-state index contributed by atoms with van der Waals surface area (Å²) in [5, 5.41) is 3.00. The van der Waals surface area contributed by atoms with Crippen molar-refractivity contribution in [3.8, 4) is 5.75 Å². The molecule has 162 valence electrons. The number of carbonyl (C=O) groups is 3. The van der Waals surface area contributed by atoms with Gasteiger partial charge in [-0.1, -0.05) is 31.4 Å². The lowest BCUT2D eigenvalue weighted by Crippen LogP contribution is -2.38. The molecule has 2 aromatic carbocycles. The molecular weight excluding hydrogens is 396 g/mol. The number of anilines is 2. The highest BCUT2D eigenvalue weighted by Gasteiger charge is 2.27. The van der Waals surface area contributed by atoms with Crippen LogP contribution in [0.3, 0.4) is 0 Å². The van der Waals surface area contributed by atoms with E-state index in [4.69, 9.17) is 9.47 Å². The van der Waals surface area contributed by atoms with Crippen LogP contribution in [0.15, 0.2) is 42.5 Å². The third-order valence-electron chi connectivity index (χ3n) is 5.83. The zero-order valence-electron chi connectivity index (χ0n) is 17.6. The molecule has 0 radical (unpaired) electrons. The lowest BCUT2D eigenvalue weighted by molar-refractivity contribution is -0.121. The molecule has 2 aliphatic rings. The van der Waals surface area contributed by atoms with Crippen LogP contribution in [0.5, 0.6) is 5.75 Å². The van der Waals surface area contributed by atoms with Crippen LogP contribution in [0.2, 0.25) is 0 Å². The number of fused-ring (bicyclic) bond motifs is 1. The van der Waals surface area contributed by atoms with Crippen molar-refractivity contribution in [2.24, 2.45) is 5.92 Å². The number of hydrogen-bond donors (Lipinski definition) is 1. The lowest BCUT2D eigenvalue weighted by Gasteiger charge is -2.30. The maximum atomic E-state index is 12.6. The summed E-state index contributed by atoms with van der Waals surface area (Å²) in [5.74, 6) is 0.0363. The van der Waals surface area contributed by atoms with Crippen molar-refractivity contribution in [1.29, 1.82) is 0 Å². The van der Waals surface area contributed by atoms with Crippen LogP contribution in [-0.2, 0) is 20.9 Å². The summed E-state index contributed by atoms with van der Waals surface area (Å²) in [4.78, 5) is 38.7. The summed E-state index contributed by atoms with van der Waals surface area (Å²) in [5.41, 5.74) is 2.46. The molecule has 0 unspecified atom stereocenters. The molecule has 1 aliphatic heterocycles. The van der Waals surface area contributed by atoms with Gasteiger partial charge >= 0.3 is 5.97 Å². The second-order valence-electron chi connectivity index (χ2n) is 7.97. The first kappa shape index (κ1) is 20.9. The van der Waals surface area contributed by atoms with Gasteiger partial charge in [0.05, 0.1) is 24.9 Å². The van der Waals surface area contributed by atoms with Gasteiger partial charge in [0.1, 0.15) is 5.75 Å². The van der Waals surface area contributed by atoms with Gasteiger partial charge in [-0.2, -0.15) is 0 Å². The Morgan fingerprint density at radius 3 is 2.71 bits per heavy atom. The number of nitrogens with zero attached hydrogens (tertiary/aromatic N) is 1. The minimum atomic E-state index is -0.428. The van der Waals surface area contributed by atoms with Crippen LogP contribution < -0.4 is 15.0 Å². The van der Waals surface area contributed by atoms with Gasteiger partial charge < -0.3 is 19.7 Å².